The summed E-state index contributed by atoms with van der Waals surface area (Å²) in [6.07, 6.45) is 0.983. The number of anilines is 1. The summed E-state index contributed by atoms with van der Waals surface area (Å²) in [6.45, 7) is 8.45. The molecule has 0 fully saturated rings. The number of thioether (sulfide) groups is 1. The molecule has 5 nitrogen and oxygen atoms in total. The minimum atomic E-state index is -0.425. The lowest BCUT2D eigenvalue weighted by molar-refractivity contribution is -0.387. The molecule has 0 heterocycles. The Bertz CT molecular complexity index is 802. The Morgan fingerprint density at radius 1 is 1.11 bits per heavy atom. The van der Waals surface area contributed by atoms with E-state index in [1.807, 2.05) is 24.3 Å². The fourth-order valence-corrected chi connectivity index (χ4v) is 3.74. The molecule has 0 aliphatic carbocycles. The highest BCUT2D eigenvalue weighted by Gasteiger charge is 2.18. The number of hydrogen-bond acceptors (Lipinski definition) is 4. The van der Waals surface area contributed by atoms with Crippen LogP contribution in [0.4, 0.5) is 11.4 Å². The summed E-state index contributed by atoms with van der Waals surface area (Å²) in [6, 6.07) is 12.3. The molecule has 1 N–H and O–H groups in total. The Hall–Kier alpha value is -2.34. The Morgan fingerprint density at radius 3 is 2.33 bits per heavy atom. The number of benzene rings is 2. The van der Waals surface area contributed by atoms with Crippen molar-refractivity contribution in [3.8, 4) is 0 Å². The van der Waals surface area contributed by atoms with Crippen LogP contribution in [0.15, 0.2) is 47.4 Å². The van der Waals surface area contributed by atoms with Crippen LogP contribution in [0.25, 0.3) is 0 Å². The molecule has 0 saturated carbocycles. The first-order chi connectivity index (χ1) is 12.8. The van der Waals surface area contributed by atoms with Crippen LogP contribution in [0.5, 0.6) is 0 Å². The van der Waals surface area contributed by atoms with E-state index in [9.17, 15) is 14.9 Å². The van der Waals surface area contributed by atoms with E-state index in [0.717, 1.165) is 12.2 Å². The number of nitro benzene ring substituents is 1. The molecule has 0 bridgehead atoms. The van der Waals surface area contributed by atoms with Gasteiger partial charge in [0.25, 0.3) is 11.6 Å². The first kappa shape index (κ1) is 21.0. The SMILES string of the molecule is CC(C)CCSc1ccc(C(=O)Nc2ccc(C(C)C)cc2)cc1[N+](=O)[O-]. The molecule has 0 aliphatic heterocycles. The molecule has 0 saturated heterocycles. The molecule has 144 valence electrons. The van der Waals surface area contributed by atoms with Gasteiger partial charge >= 0.3 is 0 Å². The third-order valence-electron chi connectivity index (χ3n) is 4.21. The monoisotopic (exact) mass is 386 g/mol. The number of nitrogens with one attached hydrogen (secondary N) is 1. The molecule has 0 aromatic heterocycles. The lowest BCUT2D eigenvalue weighted by Gasteiger charge is -2.10. The van der Waals surface area contributed by atoms with Crippen molar-refractivity contribution in [2.75, 3.05) is 11.1 Å². The van der Waals surface area contributed by atoms with Gasteiger partial charge in [-0.15, -0.1) is 11.8 Å². The van der Waals surface area contributed by atoms with Gasteiger partial charge in [0, 0.05) is 17.3 Å². The molecular formula is C21H26N2O3S. The second-order valence-electron chi connectivity index (χ2n) is 7.20. The highest BCUT2D eigenvalue weighted by molar-refractivity contribution is 7.99. The number of amides is 1. The topological polar surface area (TPSA) is 72.2 Å². The van der Waals surface area contributed by atoms with Crippen molar-refractivity contribution in [3.63, 3.8) is 0 Å². The standard InChI is InChI=1S/C21H26N2O3S/c1-14(2)11-12-27-20-10-7-17(13-19(20)23(25)26)21(24)22-18-8-5-16(6-9-18)15(3)4/h5-10,13-15H,11-12H2,1-4H3,(H,22,24). The molecule has 6 heteroatoms. The van der Waals surface area contributed by atoms with Gasteiger partial charge in [0.1, 0.15) is 0 Å². The Labute approximate surface area is 164 Å². The number of nitrogens with zero attached hydrogens (tertiary/aromatic N) is 1. The molecule has 0 aliphatic rings. The largest absolute Gasteiger partial charge is 0.322 e. The molecule has 27 heavy (non-hydrogen) atoms. The molecule has 1 amide bonds. The van der Waals surface area contributed by atoms with Gasteiger partial charge in [-0.3, -0.25) is 14.9 Å². The third-order valence-corrected chi connectivity index (χ3v) is 5.30. The Balaban J connectivity index is 2.13. The second-order valence-corrected chi connectivity index (χ2v) is 8.34. The molecule has 2 aromatic rings. The summed E-state index contributed by atoms with van der Waals surface area (Å²) in [4.78, 5) is 24.1. The van der Waals surface area contributed by atoms with Gasteiger partial charge < -0.3 is 5.32 Å². The van der Waals surface area contributed by atoms with Gasteiger partial charge in [0.05, 0.1) is 9.82 Å². The maximum absolute atomic E-state index is 12.5. The Kier molecular flexibility index (Phi) is 7.42. The van der Waals surface area contributed by atoms with Crippen molar-refractivity contribution in [1.82, 2.24) is 0 Å². The van der Waals surface area contributed by atoms with Crippen molar-refractivity contribution in [2.45, 2.75) is 44.9 Å². The van der Waals surface area contributed by atoms with E-state index in [4.69, 9.17) is 0 Å². The smallest absolute Gasteiger partial charge is 0.283 e. The number of carbonyl (C=O) groups excluding carboxylic acids is 1. The van der Waals surface area contributed by atoms with Crippen molar-refractivity contribution >= 4 is 29.0 Å². The van der Waals surface area contributed by atoms with E-state index < -0.39 is 4.92 Å². The van der Waals surface area contributed by atoms with E-state index >= 15 is 0 Å². The molecule has 0 radical (unpaired) electrons. The minimum absolute atomic E-state index is 0.0217. The first-order valence-electron chi connectivity index (χ1n) is 9.10. The van der Waals surface area contributed by atoms with Crippen LogP contribution < -0.4 is 5.32 Å². The van der Waals surface area contributed by atoms with E-state index in [1.165, 1.54) is 23.4 Å². The van der Waals surface area contributed by atoms with Crippen molar-refractivity contribution < 1.29 is 9.72 Å². The van der Waals surface area contributed by atoms with Crippen LogP contribution in [0.3, 0.4) is 0 Å². The van der Waals surface area contributed by atoms with Gasteiger partial charge in [-0.1, -0.05) is 39.8 Å². The summed E-state index contributed by atoms with van der Waals surface area (Å²) in [7, 11) is 0. The van der Waals surface area contributed by atoms with Gasteiger partial charge in [-0.05, 0) is 53.8 Å². The van der Waals surface area contributed by atoms with E-state index in [0.29, 0.717) is 22.4 Å². The van der Waals surface area contributed by atoms with Crippen LogP contribution in [-0.2, 0) is 0 Å². The summed E-state index contributed by atoms with van der Waals surface area (Å²) in [5, 5.41) is 14.2. The van der Waals surface area contributed by atoms with Crippen LogP contribution >= 0.6 is 11.8 Å². The highest BCUT2D eigenvalue weighted by Crippen LogP contribution is 2.31. The second kappa shape index (κ2) is 9.55. The van der Waals surface area contributed by atoms with E-state index in [1.54, 1.807) is 12.1 Å². The zero-order chi connectivity index (χ0) is 20.0. The van der Waals surface area contributed by atoms with Gasteiger partial charge in [0.15, 0.2) is 0 Å². The lowest BCUT2D eigenvalue weighted by atomic mass is 10.0. The first-order valence-corrected chi connectivity index (χ1v) is 10.1. The summed E-state index contributed by atoms with van der Waals surface area (Å²) < 4.78 is 0. The maximum Gasteiger partial charge on any atom is 0.283 e. The average Bonchev–Trinajstić information content (AvgIpc) is 2.61. The Morgan fingerprint density at radius 2 is 1.78 bits per heavy atom. The molecule has 0 atom stereocenters. The normalized spacial score (nSPS) is 11.0. The number of nitro groups is 1. The summed E-state index contributed by atoms with van der Waals surface area (Å²) >= 11 is 1.46. The third kappa shape index (κ3) is 6.10. The van der Waals surface area contributed by atoms with Gasteiger partial charge in [0.2, 0.25) is 0 Å². The van der Waals surface area contributed by atoms with Gasteiger partial charge in [-0.25, -0.2) is 0 Å². The van der Waals surface area contributed by atoms with E-state index in [2.05, 4.69) is 33.0 Å². The average molecular weight is 387 g/mol. The fraction of sp³-hybridized carbons (Fsp3) is 0.381. The quantitative estimate of drug-likeness (QED) is 0.337. The summed E-state index contributed by atoms with van der Waals surface area (Å²) in [5.41, 5.74) is 2.11. The zero-order valence-electron chi connectivity index (χ0n) is 16.2. The number of carbonyl (C=O) groups is 1. The lowest BCUT2D eigenvalue weighted by Crippen LogP contribution is -2.12. The molecular weight excluding hydrogens is 360 g/mol. The molecule has 0 unspecified atom stereocenters. The number of hydrogen-bond donors (Lipinski definition) is 1. The fourth-order valence-electron chi connectivity index (χ4n) is 2.48. The molecule has 2 aromatic carbocycles. The van der Waals surface area contributed by atoms with Crippen molar-refractivity contribution in [3.05, 3.63) is 63.7 Å². The van der Waals surface area contributed by atoms with Gasteiger partial charge in [-0.2, -0.15) is 0 Å². The summed E-state index contributed by atoms with van der Waals surface area (Å²) in [5.74, 6) is 1.42. The van der Waals surface area contributed by atoms with Crippen LogP contribution in [0, 0.1) is 16.0 Å². The van der Waals surface area contributed by atoms with Crippen molar-refractivity contribution in [1.29, 1.82) is 0 Å². The predicted molar refractivity (Wildman–Crippen MR) is 112 cm³/mol. The molecule has 0 spiro atoms. The van der Waals surface area contributed by atoms with Crippen LogP contribution in [0.1, 0.15) is 56.0 Å². The van der Waals surface area contributed by atoms with Crippen LogP contribution in [-0.4, -0.2) is 16.6 Å². The maximum atomic E-state index is 12.5. The molecule has 2 rings (SSSR count). The van der Waals surface area contributed by atoms with Crippen LogP contribution in [0.2, 0.25) is 0 Å². The highest BCUT2D eigenvalue weighted by atomic mass is 32.2. The van der Waals surface area contributed by atoms with Crippen molar-refractivity contribution in [2.24, 2.45) is 5.92 Å². The predicted octanol–water partition coefficient (Wildman–Crippen LogP) is 6.11. The number of rotatable bonds is 8. The minimum Gasteiger partial charge on any atom is -0.322 e. The zero-order valence-corrected chi connectivity index (χ0v) is 17.0. The van der Waals surface area contributed by atoms with E-state index in [-0.39, 0.29) is 17.2 Å².